The average Bonchev–Trinajstić information content (AvgIpc) is 2.63. The number of ether oxygens (including phenoxy) is 3. The zero-order valence-corrected chi connectivity index (χ0v) is 15.5. The van der Waals surface area contributed by atoms with Gasteiger partial charge in [-0.2, -0.15) is 0 Å². The van der Waals surface area contributed by atoms with Crippen LogP contribution in [-0.4, -0.2) is 63.0 Å². The number of nitrogens with one attached hydrogen (secondary N) is 1. The molecule has 1 aromatic rings. The molecule has 0 amide bonds. The lowest BCUT2D eigenvalue weighted by Gasteiger charge is -2.31. The van der Waals surface area contributed by atoms with Gasteiger partial charge in [0.25, 0.3) is 0 Å². The van der Waals surface area contributed by atoms with Gasteiger partial charge < -0.3 is 25.3 Å². The second kappa shape index (κ2) is 10.1. The van der Waals surface area contributed by atoms with E-state index in [9.17, 15) is 0 Å². The molecule has 0 aromatic heterocycles. The highest BCUT2D eigenvalue weighted by Gasteiger charge is 2.16. The van der Waals surface area contributed by atoms with Gasteiger partial charge in [-0.05, 0) is 32.9 Å². The molecule has 25 heavy (non-hydrogen) atoms. The van der Waals surface area contributed by atoms with E-state index < -0.39 is 0 Å². The topological polar surface area (TPSA) is 81.3 Å². The number of nitrogens with two attached hydrogens (primary N) is 1. The van der Waals surface area contributed by atoms with Gasteiger partial charge >= 0.3 is 0 Å². The number of anilines is 1. The van der Waals surface area contributed by atoms with Crippen molar-refractivity contribution in [2.45, 2.75) is 26.8 Å². The van der Waals surface area contributed by atoms with Gasteiger partial charge in [-0.1, -0.05) is 0 Å². The Bertz CT molecular complexity index is 559. The number of hydrogen-bond donors (Lipinski definition) is 2. The molecule has 0 aliphatic carbocycles. The van der Waals surface area contributed by atoms with Gasteiger partial charge in [0.1, 0.15) is 11.5 Å². The summed E-state index contributed by atoms with van der Waals surface area (Å²) in [6, 6.07) is 5.96. The van der Waals surface area contributed by atoms with Crippen molar-refractivity contribution in [3.8, 4) is 11.5 Å². The smallest absolute Gasteiger partial charge is 0.193 e. The Morgan fingerprint density at radius 2 is 2.00 bits per heavy atom. The highest BCUT2D eigenvalue weighted by Crippen LogP contribution is 2.29. The summed E-state index contributed by atoms with van der Waals surface area (Å²) in [5.41, 5.74) is 6.83. The predicted octanol–water partition coefficient (Wildman–Crippen LogP) is 1.93. The molecule has 1 fully saturated rings. The van der Waals surface area contributed by atoms with Gasteiger partial charge in [0.15, 0.2) is 5.96 Å². The Morgan fingerprint density at radius 3 is 2.68 bits per heavy atom. The van der Waals surface area contributed by atoms with Gasteiger partial charge in [0, 0.05) is 25.2 Å². The van der Waals surface area contributed by atoms with E-state index >= 15 is 0 Å². The highest BCUT2D eigenvalue weighted by molar-refractivity contribution is 5.94. The summed E-state index contributed by atoms with van der Waals surface area (Å²) in [4.78, 5) is 6.84. The summed E-state index contributed by atoms with van der Waals surface area (Å²) >= 11 is 0. The number of hydrogen-bond acceptors (Lipinski definition) is 5. The summed E-state index contributed by atoms with van der Waals surface area (Å²) in [6.07, 6.45) is 0. The van der Waals surface area contributed by atoms with E-state index in [4.69, 9.17) is 19.9 Å². The molecule has 1 atom stereocenters. The summed E-state index contributed by atoms with van der Waals surface area (Å²) in [6.45, 7) is 11.3. The molecule has 0 radical (unpaired) electrons. The van der Waals surface area contributed by atoms with E-state index in [0.29, 0.717) is 31.8 Å². The van der Waals surface area contributed by atoms with Crippen LogP contribution in [0.5, 0.6) is 11.5 Å². The maximum absolute atomic E-state index is 6.07. The summed E-state index contributed by atoms with van der Waals surface area (Å²) in [5.74, 6) is 1.86. The van der Waals surface area contributed by atoms with Crippen LogP contribution >= 0.6 is 0 Å². The number of rotatable bonds is 8. The van der Waals surface area contributed by atoms with Crippen LogP contribution < -0.4 is 20.5 Å². The Balaban J connectivity index is 1.99. The van der Waals surface area contributed by atoms with Crippen LogP contribution in [0.1, 0.15) is 20.8 Å². The van der Waals surface area contributed by atoms with Gasteiger partial charge in [0.2, 0.25) is 0 Å². The zero-order valence-electron chi connectivity index (χ0n) is 15.5. The fraction of sp³-hybridized carbons (Fsp3) is 0.611. The van der Waals surface area contributed by atoms with Gasteiger partial charge in [-0.3, -0.25) is 9.89 Å². The number of nitrogens with zero attached hydrogens (tertiary/aromatic N) is 2. The molecule has 1 heterocycles. The lowest BCUT2D eigenvalue weighted by Crippen LogP contribution is -2.43. The Hall–Kier alpha value is -1.99. The van der Waals surface area contributed by atoms with Crippen LogP contribution in [0.4, 0.5) is 5.69 Å². The van der Waals surface area contributed by atoms with E-state index in [1.54, 1.807) is 0 Å². The summed E-state index contributed by atoms with van der Waals surface area (Å²) < 4.78 is 16.6. The second-order valence-electron chi connectivity index (χ2n) is 5.87. The third-order valence-corrected chi connectivity index (χ3v) is 4.02. The molecule has 1 aromatic carbocycles. The fourth-order valence-corrected chi connectivity index (χ4v) is 2.69. The molecule has 1 aliphatic heterocycles. The first-order valence-corrected chi connectivity index (χ1v) is 8.92. The lowest BCUT2D eigenvalue weighted by molar-refractivity contribution is 0.0221. The Morgan fingerprint density at radius 1 is 1.28 bits per heavy atom. The van der Waals surface area contributed by atoms with E-state index in [1.807, 2.05) is 32.0 Å². The maximum Gasteiger partial charge on any atom is 0.193 e. The molecular formula is C18H30N4O3. The maximum atomic E-state index is 6.07. The van der Waals surface area contributed by atoms with Crippen LogP contribution in [0.2, 0.25) is 0 Å². The third kappa shape index (κ3) is 6.10. The minimum atomic E-state index is 0.324. The van der Waals surface area contributed by atoms with Crippen LogP contribution in [0.25, 0.3) is 0 Å². The van der Waals surface area contributed by atoms with Crippen molar-refractivity contribution in [2.75, 3.05) is 51.4 Å². The van der Waals surface area contributed by atoms with Crippen molar-refractivity contribution in [1.29, 1.82) is 0 Å². The van der Waals surface area contributed by atoms with Crippen molar-refractivity contribution in [2.24, 2.45) is 10.7 Å². The van der Waals surface area contributed by atoms with E-state index in [2.05, 4.69) is 22.1 Å². The second-order valence-corrected chi connectivity index (χ2v) is 5.87. The number of benzene rings is 1. The SMILES string of the molecule is CCOc1ccc(OCC)c(NC(N)=NCC(C)N2CCOCC2)c1. The van der Waals surface area contributed by atoms with Crippen molar-refractivity contribution in [1.82, 2.24) is 4.90 Å². The fourth-order valence-electron chi connectivity index (χ4n) is 2.69. The molecule has 2 rings (SSSR count). The molecule has 1 saturated heterocycles. The summed E-state index contributed by atoms with van der Waals surface area (Å²) in [5, 5.41) is 3.13. The van der Waals surface area contributed by atoms with Crippen molar-refractivity contribution < 1.29 is 14.2 Å². The first kappa shape index (κ1) is 19.3. The molecular weight excluding hydrogens is 320 g/mol. The lowest BCUT2D eigenvalue weighted by atomic mass is 10.2. The number of aliphatic imine (C=N–C) groups is 1. The van der Waals surface area contributed by atoms with E-state index in [1.165, 1.54) is 0 Å². The minimum Gasteiger partial charge on any atom is -0.494 e. The Labute approximate surface area is 150 Å². The highest BCUT2D eigenvalue weighted by atomic mass is 16.5. The summed E-state index contributed by atoms with van der Waals surface area (Å²) in [7, 11) is 0. The third-order valence-electron chi connectivity index (χ3n) is 4.02. The monoisotopic (exact) mass is 350 g/mol. The molecule has 0 spiro atoms. The van der Waals surface area contributed by atoms with Crippen LogP contribution in [0, 0.1) is 0 Å². The molecule has 7 heteroatoms. The van der Waals surface area contributed by atoms with Crippen molar-refractivity contribution >= 4 is 11.6 Å². The van der Waals surface area contributed by atoms with Gasteiger partial charge in [-0.25, -0.2) is 0 Å². The average molecular weight is 350 g/mol. The minimum absolute atomic E-state index is 0.324. The molecule has 3 N–H and O–H groups in total. The van der Waals surface area contributed by atoms with E-state index in [0.717, 1.165) is 43.5 Å². The molecule has 7 nitrogen and oxygen atoms in total. The van der Waals surface area contributed by atoms with Gasteiger partial charge in [0.05, 0.1) is 38.7 Å². The largest absolute Gasteiger partial charge is 0.494 e. The van der Waals surface area contributed by atoms with Crippen LogP contribution in [0.15, 0.2) is 23.2 Å². The molecule has 1 unspecified atom stereocenters. The molecule has 0 bridgehead atoms. The van der Waals surface area contributed by atoms with E-state index in [-0.39, 0.29) is 0 Å². The predicted molar refractivity (Wildman–Crippen MR) is 101 cm³/mol. The van der Waals surface area contributed by atoms with Crippen molar-refractivity contribution in [3.63, 3.8) is 0 Å². The first-order valence-electron chi connectivity index (χ1n) is 8.92. The van der Waals surface area contributed by atoms with Crippen LogP contribution in [0.3, 0.4) is 0 Å². The number of guanidine groups is 1. The quantitative estimate of drug-likeness (QED) is 0.551. The first-order chi connectivity index (χ1) is 12.1. The standard InChI is InChI=1S/C18H30N4O3/c1-4-24-15-6-7-17(25-5-2)16(12-15)21-18(19)20-13-14(3)22-8-10-23-11-9-22/h6-7,12,14H,4-5,8-11,13H2,1-3H3,(H3,19,20,21). The molecule has 1 aliphatic rings. The number of morpholine rings is 1. The Kier molecular flexibility index (Phi) is 7.81. The van der Waals surface area contributed by atoms with Crippen LogP contribution in [-0.2, 0) is 4.74 Å². The van der Waals surface area contributed by atoms with Crippen molar-refractivity contribution in [3.05, 3.63) is 18.2 Å². The van der Waals surface area contributed by atoms with Gasteiger partial charge in [-0.15, -0.1) is 0 Å². The zero-order chi connectivity index (χ0) is 18.1. The molecule has 140 valence electrons. The normalized spacial score (nSPS) is 17.2. The molecule has 0 saturated carbocycles.